The van der Waals surface area contributed by atoms with Crippen LogP contribution in [0.25, 0.3) is 16.7 Å². The van der Waals surface area contributed by atoms with Gasteiger partial charge in [0.05, 0.1) is 12.6 Å². The number of nitrogens with zero attached hydrogens (tertiary/aromatic N) is 5. The highest BCUT2D eigenvalue weighted by molar-refractivity contribution is 5.98. The first-order valence-electron chi connectivity index (χ1n) is 9.64. The van der Waals surface area contributed by atoms with E-state index >= 15 is 0 Å². The average molecular weight is 388 g/mol. The molecule has 1 atom stereocenters. The summed E-state index contributed by atoms with van der Waals surface area (Å²) in [5.74, 6) is 0.580. The van der Waals surface area contributed by atoms with Gasteiger partial charge in [-0.3, -0.25) is 14.2 Å². The lowest BCUT2D eigenvalue weighted by Crippen LogP contribution is -2.40. The molecule has 1 amide bonds. The van der Waals surface area contributed by atoms with Crippen LogP contribution in [-0.4, -0.2) is 47.7 Å². The van der Waals surface area contributed by atoms with E-state index in [-0.39, 0.29) is 17.5 Å². The highest BCUT2D eigenvalue weighted by Crippen LogP contribution is 2.23. The summed E-state index contributed by atoms with van der Waals surface area (Å²) >= 11 is 0. The number of imidazole rings is 1. The fourth-order valence-electron chi connectivity index (χ4n) is 3.94. The maximum absolute atomic E-state index is 13.1. The summed E-state index contributed by atoms with van der Waals surface area (Å²) in [5, 5.41) is 5.47. The van der Waals surface area contributed by atoms with Gasteiger partial charge in [0, 0.05) is 35.9 Å². The Balaban J connectivity index is 1.40. The van der Waals surface area contributed by atoms with Gasteiger partial charge in [-0.25, -0.2) is 9.67 Å². The van der Waals surface area contributed by atoms with E-state index in [2.05, 4.69) is 15.1 Å². The first kappa shape index (κ1) is 17.4. The highest BCUT2D eigenvalue weighted by atomic mass is 16.2. The normalized spacial score (nSPS) is 16.6. The van der Waals surface area contributed by atoms with Crippen LogP contribution in [0.2, 0.25) is 0 Å². The van der Waals surface area contributed by atoms with E-state index in [4.69, 9.17) is 0 Å². The molecular formula is C21H20N6O2. The van der Waals surface area contributed by atoms with Gasteiger partial charge in [0.25, 0.3) is 11.5 Å². The Morgan fingerprint density at radius 1 is 1.21 bits per heavy atom. The number of nitrogens with one attached hydrogen (secondary N) is 1. The quantitative estimate of drug-likeness (QED) is 0.581. The van der Waals surface area contributed by atoms with Crippen LogP contribution in [0, 0.1) is 0 Å². The zero-order valence-corrected chi connectivity index (χ0v) is 15.7. The van der Waals surface area contributed by atoms with Crippen molar-refractivity contribution in [2.75, 3.05) is 6.54 Å². The summed E-state index contributed by atoms with van der Waals surface area (Å²) in [6.07, 6.45) is 6.83. The number of H-pyrrole nitrogens is 1. The molecule has 0 radical (unpaired) electrons. The lowest BCUT2D eigenvalue weighted by molar-refractivity contribution is 0.0715. The van der Waals surface area contributed by atoms with Gasteiger partial charge in [-0.05, 0) is 31.0 Å². The molecule has 1 fully saturated rings. The standard InChI is InChI=1S/C21H20N6O2/c28-20-8-7-19(25-11-9-22-14-25)24-27(20)13-16-5-3-10-26(16)21(29)18-12-15-4-1-2-6-17(15)23-18/h1-2,4,6-9,11-12,14,16,23H,3,5,10,13H2. The van der Waals surface area contributed by atoms with Crippen LogP contribution < -0.4 is 5.56 Å². The number of para-hydroxylation sites is 1. The monoisotopic (exact) mass is 388 g/mol. The molecule has 4 heterocycles. The third-order valence-electron chi connectivity index (χ3n) is 5.40. The first-order chi connectivity index (χ1) is 14.2. The summed E-state index contributed by atoms with van der Waals surface area (Å²) in [7, 11) is 0. The minimum atomic E-state index is -0.182. The minimum absolute atomic E-state index is 0.0393. The molecule has 1 unspecified atom stereocenters. The number of aromatic nitrogens is 5. The van der Waals surface area contributed by atoms with E-state index in [1.807, 2.05) is 35.2 Å². The molecule has 4 aromatic rings. The number of hydrogen-bond acceptors (Lipinski definition) is 4. The zero-order valence-electron chi connectivity index (χ0n) is 15.7. The largest absolute Gasteiger partial charge is 0.351 e. The predicted molar refractivity (Wildman–Crippen MR) is 108 cm³/mol. The molecule has 5 rings (SSSR count). The lowest BCUT2D eigenvalue weighted by Gasteiger charge is -2.24. The van der Waals surface area contributed by atoms with E-state index in [1.165, 1.54) is 10.7 Å². The number of hydrogen-bond donors (Lipinski definition) is 1. The maximum Gasteiger partial charge on any atom is 0.270 e. The highest BCUT2D eigenvalue weighted by Gasteiger charge is 2.31. The van der Waals surface area contributed by atoms with Crippen molar-refractivity contribution < 1.29 is 4.79 Å². The van der Waals surface area contributed by atoms with Crippen molar-refractivity contribution in [3.05, 3.63) is 77.2 Å². The minimum Gasteiger partial charge on any atom is -0.351 e. The Kier molecular flexibility index (Phi) is 4.23. The number of fused-ring (bicyclic) bond motifs is 1. The Morgan fingerprint density at radius 3 is 2.93 bits per heavy atom. The van der Waals surface area contributed by atoms with E-state index in [0.29, 0.717) is 24.6 Å². The number of benzene rings is 1. The van der Waals surface area contributed by atoms with E-state index in [0.717, 1.165) is 23.7 Å². The molecule has 0 aliphatic carbocycles. The number of carbonyl (C=O) groups excluding carboxylic acids is 1. The summed E-state index contributed by atoms with van der Waals surface area (Å²) in [4.78, 5) is 34.6. The van der Waals surface area contributed by atoms with Crippen LogP contribution >= 0.6 is 0 Å². The van der Waals surface area contributed by atoms with Crippen LogP contribution in [-0.2, 0) is 6.54 Å². The second-order valence-electron chi connectivity index (χ2n) is 7.25. The van der Waals surface area contributed by atoms with Crippen LogP contribution in [0.5, 0.6) is 0 Å². The van der Waals surface area contributed by atoms with Crippen LogP contribution in [0.1, 0.15) is 23.3 Å². The van der Waals surface area contributed by atoms with Gasteiger partial charge in [0.15, 0.2) is 5.82 Å². The fraction of sp³-hybridized carbons (Fsp3) is 0.238. The van der Waals surface area contributed by atoms with Crippen LogP contribution in [0.15, 0.2) is 66.0 Å². The Labute approximate surface area is 166 Å². The van der Waals surface area contributed by atoms with E-state index in [1.54, 1.807) is 29.4 Å². The number of amides is 1. The molecule has 146 valence electrons. The molecule has 0 spiro atoms. The molecule has 1 aliphatic rings. The van der Waals surface area contributed by atoms with Crippen molar-refractivity contribution in [2.24, 2.45) is 0 Å². The number of rotatable bonds is 4. The molecule has 3 aromatic heterocycles. The van der Waals surface area contributed by atoms with E-state index < -0.39 is 0 Å². The van der Waals surface area contributed by atoms with Crippen molar-refractivity contribution in [3.8, 4) is 5.82 Å². The first-order valence-corrected chi connectivity index (χ1v) is 9.64. The molecule has 1 aliphatic heterocycles. The third kappa shape index (κ3) is 3.22. The van der Waals surface area contributed by atoms with Gasteiger partial charge in [-0.1, -0.05) is 18.2 Å². The van der Waals surface area contributed by atoms with Crippen molar-refractivity contribution >= 4 is 16.8 Å². The number of aromatic amines is 1. The van der Waals surface area contributed by atoms with Crippen molar-refractivity contribution in [2.45, 2.75) is 25.4 Å². The topological polar surface area (TPSA) is 88.8 Å². The van der Waals surface area contributed by atoms with Gasteiger partial charge >= 0.3 is 0 Å². The van der Waals surface area contributed by atoms with E-state index in [9.17, 15) is 9.59 Å². The molecule has 1 N–H and O–H groups in total. The second kappa shape index (κ2) is 7.05. The summed E-state index contributed by atoms with van der Waals surface area (Å²) in [6.45, 7) is 1.04. The summed E-state index contributed by atoms with van der Waals surface area (Å²) in [6, 6.07) is 12.8. The fourth-order valence-corrected chi connectivity index (χ4v) is 3.94. The SMILES string of the molecule is O=C(c1cc2ccccc2[nH]1)N1CCCC1Cn1nc(-n2ccnc2)ccc1=O. The predicted octanol–water partition coefficient (Wildman–Crippen LogP) is 2.22. The lowest BCUT2D eigenvalue weighted by atomic mass is 10.2. The summed E-state index contributed by atoms with van der Waals surface area (Å²) in [5.41, 5.74) is 1.34. The van der Waals surface area contributed by atoms with Crippen molar-refractivity contribution in [1.82, 2.24) is 29.2 Å². The van der Waals surface area contributed by atoms with Gasteiger partial charge in [0.2, 0.25) is 0 Å². The molecule has 0 saturated carbocycles. The van der Waals surface area contributed by atoms with Crippen molar-refractivity contribution in [3.63, 3.8) is 0 Å². The molecule has 1 aromatic carbocycles. The van der Waals surface area contributed by atoms with Crippen LogP contribution in [0.3, 0.4) is 0 Å². The molecule has 8 nitrogen and oxygen atoms in total. The molecule has 8 heteroatoms. The smallest absolute Gasteiger partial charge is 0.270 e. The zero-order chi connectivity index (χ0) is 19.8. The van der Waals surface area contributed by atoms with Gasteiger partial charge in [-0.2, -0.15) is 5.10 Å². The van der Waals surface area contributed by atoms with Crippen molar-refractivity contribution in [1.29, 1.82) is 0 Å². The van der Waals surface area contributed by atoms with Gasteiger partial charge < -0.3 is 9.88 Å². The molecule has 29 heavy (non-hydrogen) atoms. The van der Waals surface area contributed by atoms with Gasteiger partial charge in [0.1, 0.15) is 12.0 Å². The Bertz CT molecular complexity index is 1190. The number of carbonyl (C=O) groups is 1. The Morgan fingerprint density at radius 2 is 2.10 bits per heavy atom. The molecular weight excluding hydrogens is 368 g/mol. The molecule has 1 saturated heterocycles. The Hall–Kier alpha value is -3.68. The average Bonchev–Trinajstić information content (AvgIpc) is 3.49. The van der Waals surface area contributed by atoms with Crippen LogP contribution in [0.4, 0.5) is 0 Å². The summed E-state index contributed by atoms with van der Waals surface area (Å²) < 4.78 is 3.19. The number of likely N-dealkylation sites (tertiary alicyclic amines) is 1. The maximum atomic E-state index is 13.1. The second-order valence-corrected chi connectivity index (χ2v) is 7.25. The third-order valence-corrected chi connectivity index (χ3v) is 5.40. The van der Waals surface area contributed by atoms with Gasteiger partial charge in [-0.15, -0.1) is 0 Å². The molecule has 0 bridgehead atoms.